The van der Waals surface area contributed by atoms with Crippen molar-refractivity contribution in [2.24, 2.45) is 5.92 Å². The highest BCUT2D eigenvalue weighted by Gasteiger charge is 2.37. The molecular weight excluding hydrogens is 613 g/mol. The second-order valence-electron chi connectivity index (χ2n) is 11.5. The Labute approximate surface area is 266 Å². The molecular formula is C35H31F3N4O3S. The fourth-order valence-corrected chi connectivity index (χ4v) is 7.41. The highest BCUT2D eigenvalue weighted by Crippen LogP contribution is 2.36. The summed E-state index contributed by atoms with van der Waals surface area (Å²) in [6.07, 6.45) is 0.174. The van der Waals surface area contributed by atoms with Gasteiger partial charge in [-0.25, -0.2) is 8.42 Å². The number of hydrogen-bond donors (Lipinski definition) is 1. The number of aryl methyl sites for hydroxylation is 2. The van der Waals surface area contributed by atoms with Crippen LogP contribution in [0.25, 0.3) is 5.57 Å². The van der Waals surface area contributed by atoms with Crippen LogP contribution in [0.3, 0.4) is 0 Å². The van der Waals surface area contributed by atoms with Gasteiger partial charge in [-0.05, 0) is 108 Å². The molecule has 0 aliphatic carbocycles. The Morgan fingerprint density at radius 1 is 1.09 bits per heavy atom. The summed E-state index contributed by atoms with van der Waals surface area (Å²) in [5, 5.41) is 12.2. The molecule has 1 atom stereocenters. The van der Waals surface area contributed by atoms with Crippen LogP contribution in [0, 0.1) is 31.1 Å². The van der Waals surface area contributed by atoms with Gasteiger partial charge in [0.2, 0.25) is 15.9 Å². The van der Waals surface area contributed by atoms with Crippen molar-refractivity contribution >= 4 is 27.2 Å². The monoisotopic (exact) mass is 644 g/mol. The Morgan fingerprint density at radius 2 is 1.87 bits per heavy atom. The summed E-state index contributed by atoms with van der Waals surface area (Å²) in [7, 11) is -4.29. The van der Waals surface area contributed by atoms with Crippen LogP contribution in [0.1, 0.15) is 51.4 Å². The first-order valence-electron chi connectivity index (χ1n) is 14.5. The number of nitrogens with zero attached hydrogens (tertiary/aromatic N) is 3. The lowest BCUT2D eigenvalue weighted by Gasteiger charge is -2.24. The Morgan fingerprint density at radius 3 is 2.54 bits per heavy atom. The van der Waals surface area contributed by atoms with Gasteiger partial charge >= 0.3 is 6.18 Å². The maximum atomic E-state index is 13.9. The molecule has 0 saturated carbocycles. The summed E-state index contributed by atoms with van der Waals surface area (Å²) in [6.45, 7) is 5.56. The fraction of sp³-hybridized carbons (Fsp3) is 0.229. The fourth-order valence-electron chi connectivity index (χ4n) is 5.61. The van der Waals surface area contributed by atoms with E-state index in [1.165, 1.54) is 22.6 Å². The van der Waals surface area contributed by atoms with Crippen LogP contribution in [0.5, 0.6) is 0 Å². The van der Waals surface area contributed by atoms with E-state index in [1.807, 2.05) is 32.9 Å². The number of fused-ring (bicyclic) bond motifs is 1. The number of sulfonamides is 1. The minimum absolute atomic E-state index is 0.0798. The first-order chi connectivity index (χ1) is 21.8. The summed E-state index contributed by atoms with van der Waals surface area (Å²) < 4.78 is 69.7. The zero-order chi connectivity index (χ0) is 33.2. The molecule has 11 heteroatoms. The Bertz CT molecular complexity index is 1980. The third-order valence-corrected chi connectivity index (χ3v) is 9.85. The number of pyridine rings is 1. The third-order valence-electron chi connectivity index (χ3n) is 7.95. The molecule has 0 spiro atoms. The second-order valence-corrected chi connectivity index (χ2v) is 13.4. The number of halogens is 3. The van der Waals surface area contributed by atoms with E-state index < -0.39 is 27.7 Å². The molecule has 46 heavy (non-hydrogen) atoms. The highest BCUT2D eigenvalue weighted by molar-refractivity contribution is 7.89. The number of anilines is 1. The number of alkyl halides is 3. The lowest BCUT2D eigenvalue weighted by Crippen LogP contribution is -2.33. The smallest absolute Gasteiger partial charge is 0.321 e. The molecule has 4 aromatic rings. The van der Waals surface area contributed by atoms with Crippen molar-refractivity contribution in [3.05, 3.63) is 130 Å². The van der Waals surface area contributed by atoms with Gasteiger partial charge < -0.3 is 5.32 Å². The number of hydrogen-bond acceptors (Lipinski definition) is 5. The van der Waals surface area contributed by atoms with Gasteiger partial charge in [-0.15, -0.1) is 0 Å². The molecule has 1 aromatic heterocycles. The largest absolute Gasteiger partial charge is 0.416 e. The summed E-state index contributed by atoms with van der Waals surface area (Å²) in [4.78, 5) is 16.9. The van der Waals surface area contributed by atoms with Crippen molar-refractivity contribution in [2.75, 3.05) is 11.9 Å². The predicted molar refractivity (Wildman–Crippen MR) is 169 cm³/mol. The number of carbonyl (C=O) groups excluding carboxylic acids is 1. The first kappa shape index (κ1) is 32.6. The van der Waals surface area contributed by atoms with Crippen LogP contribution < -0.4 is 5.32 Å². The Balaban J connectivity index is 1.57. The average molecular weight is 645 g/mol. The van der Waals surface area contributed by atoms with Crippen molar-refractivity contribution in [3.63, 3.8) is 0 Å². The molecule has 0 saturated heterocycles. The van der Waals surface area contributed by atoms with Crippen LogP contribution in [0.4, 0.5) is 18.9 Å². The number of aromatic nitrogens is 1. The molecule has 236 valence electrons. The summed E-state index contributed by atoms with van der Waals surface area (Å²) in [5.41, 5.74) is 4.31. The number of carbonyl (C=O) groups is 1. The number of amides is 1. The van der Waals surface area contributed by atoms with E-state index >= 15 is 0 Å². The molecule has 1 aliphatic heterocycles. The molecule has 7 nitrogen and oxygen atoms in total. The maximum absolute atomic E-state index is 13.9. The van der Waals surface area contributed by atoms with E-state index in [2.05, 4.69) is 16.4 Å². The molecule has 0 radical (unpaired) electrons. The molecule has 1 amide bonds. The van der Waals surface area contributed by atoms with Crippen LogP contribution >= 0.6 is 0 Å². The van der Waals surface area contributed by atoms with Gasteiger partial charge in [-0.3, -0.25) is 9.78 Å². The Kier molecular flexibility index (Phi) is 9.15. The lowest BCUT2D eigenvalue weighted by molar-refractivity contribution is -0.137. The van der Waals surface area contributed by atoms with E-state index in [0.717, 1.165) is 23.3 Å². The highest BCUT2D eigenvalue weighted by atomic mass is 32.2. The third kappa shape index (κ3) is 7.03. The number of benzene rings is 3. The maximum Gasteiger partial charge on any atom is 0.416 e. The van der Waals surface area contributed by atoms with Gasteiger partial charge in [0, 0.05) is 25.4 Å². The average Bonchev–Trinajstić information content (AvgIpc) is 3.09. The molecule has 2 heterocycles. The van der Waals surface area contributed by atoms with Crippen molar-refractivity contribution < 1.29 is 26.4 Å². The zero-order valence-electron chi connectivity index (χ0n) is 25.4. The van der Waals surface area contributed by atoms with Gasteiger partial charge in [0.05, 0.1) is 34.0 Å². The number of nitriles is 1. The lowest BCUT2D eigenvalue weighted by atomic mass is 9.91. The van der Waals surface area contributed by atoms with Gasteiger partial charge in [-0.1, -0.05) is 31.2 Å². The molecule has 1 unspecified atom stereocenters. The minimum Gasteiger partial charge on any atom is -0.321 e. The number of nitrogens with one attached hydrogen (secondary N) is 1. The van der Waals surface area contributed by atoms with Crippen LogP contribution in [0.15, 0.2) is 90.1 Å². The SMILES string of the molecule is Cc1ccc(/C(=C\C(=O)Nc2cccnc2)c2ccc(C#N)cc2C)cc1CN1CC(C)Cc2ccc(C(F)(F)F)cc2S1(=O)=O. The van der Waals surface area contributed by atoms with Crippen molar-refractivity contribution in [3.8, 4) is 6.07 Å². The van der Waals surface area contributed by atoms with E-state index in [-0.39, 0.29) is 23.9 Å². The summed E-state index contributed by atoms with van der Waals surface area (Å²) in [5.74, 6) is -0.570. The molecule has 0 fully saturated rings. The summed E-state index contributed by atoms with van der Waals surface area (Å²) in [6, 6.07) is 19.0. The standard InChI is InChI=1S/C35H31F3N4O3S/c1-22-13-27-9-10-29(35(36,37)38)16-33(27)46(44,45)42(20-22)21-28-15-26(8-6-23(28)2)32(31-11-7-25(18-39)14-24(31)3)17-34(43)41-30-5-4-12-40-19-30/h4-12,14-17,19,22H,13,20-21H2,1-3H3,(H,41,43)/b32-17+. The van der Waals surface area contributed by atoms with Crippen molar-refractivity contribution in [1.82, 2.24) is 9.29 Å². The van der Waals surface area contributed by atoms with E-state index in [0.29, 0.717) is 45.5 Å². The van der Waals surface area contributed by atoms with Crippen LogP contribution in [-0.2, 0) is 34.0 Å². The topological polar surface area (TPSA) is 103 Å². The summed E-state index contributed by atoms with van der Waals surface area (Å²) >= 11 is 0. The number of rotatable bonds is 6. The van der Waals surface area contributed by atoms with Crippen molar-refractivity contribution in [2.45, 2.75) is 44.8 Å². The normalized spacial score (nSPS) is 16.6. The first-order valence-corrected chi connectivity index (χ1v) is 15.9. The minimum atomic E-state index is -4.69. The van der Waals surface area contributed by atoms with E-state index in [1.54, 1.807) is 42.6 Å². The van der Waals surface area contributed by atoms with Gasteiger partial charge in [0.15, 0.2) is 0 Å². The molecule has 5 rings (SSSR count). The van der Waals surface area contributed by atoms with E-state index in [9.17, 15) is 31.6 Å². The predicted octanol–water partition coefficient (Wildman–Crippen LogP) is 7.04. The van der Waals surface area contributed by atoms with E-state index in [4.69, 9.17) is 0 Å². The quantitative estimate of drug-likeness (QED) is 0.227. The molecule has 3 aromatic carbocycles. The molecule has 1 aliphatic rings. The second kappa shape index (κ2) is 12.9. The van der Waals surface area contributed by atoms with Gasteiger partial charge in [0.1, 0.15) is 0 Å². The van der Waals surface area contributed by atoms with Crippen LogP contribution in [0.2, 0.25) is 0 Å². The van der Waals surface area contributed by atoms with Crippen LogP contribution in [-0.4, -0.2) is 30.2 Å². The molecule has 1 N–H and O–H groups in total. The molecule has 0 bridgehead atoms. The zero-order valence-corrected chi connectivity index (χ0v) is 26.2. The van der Waals surface area contributed by atoms with Gasteiger partial charge in [-0.2, -0.15) is 22.7 Å². The van der Waals surface area contributed by atoms with Gasteiger partial charge in [0.25, 0.3) is 0 Å². The van der Waals surface area contributed by atoms with Crippen molar-refractivity contribution in [1.29, 1.82) is 5.26 Å². The Hall–Kier alpha value is -4.79.